The number of morpholine rings is 1. The van der Waals surface area contributed by atoms with Crippen LogP contribution < -0.4 is 19.7 Å². The van der Waals surface area contributed by atoms with Crippen LogP contribution in [0.1, 0.15) is 0 Å². The molecule has 8 heteroatoms. The lowest BCUT2D eigenvalue weighted by atomic mass is 10.2. The van der Waals surface area contributed by atoms with Crippen molar-refractivity contribution >= 4 is 17.3 Å². The van der Waals surface area contributed by atoms with E-state index in [1.165, 1.54) is 5.69 Å². The van der Waals surface area contributed by atoms with E-state index in [1.807, 2.05) is 30.3 Å². The van der Waals surface area contributed by atoms with Crippen LogP contribution in [0.2, 0.25) is 0 Å². The molecule has 2 N–H and O–H groups in total. The molecule has 1 aliphatic rings. The molecule has 0 saturated carbocycles. The van der Waals surface area contributed by atoms with Crippen molar-refractivity contribution < 1.29 is 14.2 Å². The summed E-state index contributed by atoms with van der Waals surface area (Å²) < 4.78 is 16.0. The van der Waals surface area contributed by atoms with Crippen molar-refractivity contribution in [3.05, 3.63) is 42.5 Å². The molecule has 1 fully saturated rings. The number of nitrogens with one attached hydrogen (secondary N) is 2. The molecular formula is C20H23N5O3. The van der Waals surface area contributed by atoms with E-state index < -0.39 is 0 Å². The Bertz CT molecular complexity index is 898. The molecule has 2 heterocycles. The van der Waals surface area contributed by atoms with Gasteiger partial charge in [0.15, 0.2) is 5.82 Å². The Labute approximate surface area is 163 Å². The van der Waals surface area contributed by atoms with E-state index in [0.717, 1.165) is 37.6 Å². The average Bonchev–Trinajstić information content (AvgIpc) is 3.23. The number of aromatic amines is 1. The van der Waals surface area contributed by atoms with Crippen LogP contribution in [0.5, 0.6) is 11.5 Å². The van der Waals surface area contributed by atoms with Gasteiger partial charge in [-0.3, -0.25) is 5.10 Å². The van der Waals surface area contributed by atoms with Crippen LogP contribution in [-0.2, 0) is 4.74 Å². The van der Waals surface area contributed by atoms with Gasteiger partial charge in [-0.05, 0) is 36.4 Å². The molecule has 0 radical (unpaired) electrons. The number of hydrogen-bond acceptors (Lipinski definition) is 7. The minimum atomic E-state index is 0.496. The fourth-order valence-electron chi connectivity index (χ4n) is 3.10. The van der Waals surface area contributed by atoms with Crippen LogP contribution in [0.15, 0.2) is 42.5 Å². The van der Waals surface area contributed by atoms with Crippen LogP contribution in [0.25, 0.3) is 11.4 Å². The molecule has 1 aliphatic heterocycles. The Balaban J connectivity index is 1.47. The molecule has 0 aliphatic carbocycles. The summed E-state index contributed by atoms with van der Waals surface area (Å²) in [5, 5.41) is 10.4. The number of aromatic nitrogens is 3. The molecule has 3 aromatic rings. The van der Waals surface area contributed by atoms with E-state index >= 15 is 0 Å². The van der Waals surface area contributed by atoms with E-state index in [0.29, 0.717) is 23.3 Å². The highest BCUT2D eigenvalue weighted by molar-refractivity contribution is 5.64. The molecule has 8 nitrogen and oxygen atoms in total. The zero-order valence-electron chi connectivity index (χ0n) is 15.9. The smallest absolute Gasteiger partial charge is 0.246 e. The van der Waals surface area contributed by atoms with E-state index in [9.17, 15) is 0 Å². The van der Waals surface area contributed by atoms with Gasteiger partial charge in [0.05, 0.1) is 27.4 Å². The summed E-state index contributed by atoms with van der Waals surface area (Å²) in [4.78, 5) is 6.84. The van der Waals surface area contributed by atoms with Gasteiger partial charge in [0.2, 0.25) is 5.95 Å². The normalized spacial score (nSPS) is 14.0. The van der Waals surface area contributed by atoms with Crippen molar-refractivity contribution in [3.8, 4) is 22.9 Å². The molecule has 2 aromatic carbocycles. The second-order valence-electron chi connectivity index (χ2n) is 6.38. The largest absolute Gasteiger partial charge is 0.497 e. The topological polar surface area (TPSA) is 84.5 Å². The molecular weight excluding hydrogens is 358 g/mol. The van der Waals surface area contributed by atoms with Gasteiger partial charge in [-0.15, -0.1) is 5.10 Å². The number of rotatable bonds is 6. The molecule has 0 unspecified atom stereocenters. The zero-order valence-corrected chi connectivity index (χ0v) is 15.9. The molecule has 146 valence electrons. The van der Waals surface area contributed by atoms with Crippen LogP contribution in [-0.4, -0.2) is 55.7 Å². The predicted octanol–water partition coefficient (Wildman–Crippen LogP) is 3.07. The van der Waals surface area contributed by atoms with Crippen molar-refractivity contribution in [2.24, 2.45) is 0 Å². The van der Waals surface area contributed by atoms with Gasteiger partial charge in [0.25, 0.3) is 0 Å². The van der Waals surface area contributed by atoms with Gasteiger partial charge in [0, 0.05) is 36.1 Å². The number of anilines is 3. The average molecular weight is 381 g/mol. The number of ether oxygens (including phenoxy) is 3. The highest BCUT2D eigenvalue weighted by atomic mass is 16.5. The highest BCUT2D eigenvalue weighted by Gasteiger charge is 2.12. The Morgan fingerprint density at radius 3 is 2.32 bits per heavy atom. The lowest BCUT2D eigenvalue weighted by molar-refractivity contribution is 0.122. The SMILES string of the molecule is COc1cc(OC)cc(-c2nc(Nc3ccc(N4CCOCC4)cc3)n[nH]2)c1. The summed E-state index contributed by atoms with van der Waals surface area (Å²) in [6, 6.07) is 13.8. The fourth-order valence-corrected chi connectivity index (χ4v) is 3.10. The molecule has 28 heavy (non-hydrogen) atoms. The minimum absolute atomic E-state index is 0.496. The van der Waals surface area contributed by atoms with E-state index in [4.69, 9.17) is 14.2 Å². The van der Waals surface area contributed by atoms with Gasteiger partial charge < -0.3 is 24.4 Å². The maximum absolute atomic E-state index is 5.40. The number of methoxy groups -OCH3 is 2. The van der Waals surface area contributed by atoms with Crippen LogP contribution in [0, 0.1) is 0 Å². The third-order valence-corrected chi connectivity index (χ3v) is 4.61. The van der Waals surface area contributed by atoms with Crippen LogP contribution in [0.3, 0.4) is 0 Å². The molecule has 0 bridgehead atoms. The summed E-state index contributed by atoms with van der Waals surface area (Å²) in [6.07, 6.45) is 0. The Morgan fingerprint density at radius 2 is 1.68 bits per heavy atom. The lowest BCUT2D eigenvalue weighted by Crippen LogP contribution is -2.36. The number of H-pyrrole nitrogens is 1. The Morgan fingerprint density at radius 1 is 1.00 bits per heavy atom. The van der Waals surface area contributed by atoms with Crippen molar-refractivity contribution in [1.82, 2.24) is 15.2 Å². The molecule has 1 saturated heterocycles. The third kappa shape index (κ3) is 4.01. The predicted molar refractivity (Wildman–Crippen MR) is 108 cm³/mol. The van der Waals surface area contributed by atoms with Gasteiger partial charge in [-0.25, -0.2) is 0 Å². The van der Waals surface area contributed by atoms with Gasteiger partial charge in [-0.2, -0.15) is 4.98 Å². The van der Waals surface area contributed by atoms with Gasteiger partial charge in [0.1, 0.15) is 11.5 Å². The maximum atomic E-state index is 5.40. The highest BCUT2D eigenvalue weighted by Crippen LogP contribution is 2.28. The molecule has 1 aromatic heterocycles. The number of hydrogen-bond donors (Lipinski definition) is 2. The fraction of sp³-hybridized carbons (Fsp3) is 0.300. The van der Waals surface area contributed by atoms with Crippen LogP contribution >= 0.6 is 0 Å². The van der Waals surface area contributed by atoms with Crippen molar-refractivity contribution in [2.45, 2.75) is 0 Å². The lowest BCUT2D eigenvalue weighted by Gasteiger charge is -2.28. The van der Waals surface area contributed by atoms with Gasteiger partial charge >= 0.3 is 0 Å². The summed E-state index contributed by atoms with van der Waals surface area (Å²) in [5.41, 5.74) is 2.94. The first-order valence-electron chi connectivity index (χ1n) is 9.11. The first-order valence-corrected chi connectivity index (χ1v) is 9.11. The van der Waals surface area contributed by atoms with Crippen molar-refractivity contribution in [3.63, 3.8) is 0 Å². The third-order valence-electron chi connectivity index (χ3n) is 4.61. The standard InChI is InChI=1S/C20H23N5O3/c1-26-17-11-14(12-18(13-17)27-2)19-22-20(24-23-19)21-15-3-5-16(6-4-15)25-7-9-28-10-8-25/h3-6,11-13H,7-10H2,1-2H3,(H2,21,22,23,24). The van der Waals surface area contributed by atoms with Crippen molar-refractivity contribution in [1.29, 1.82) is 0 Å². The van der Waals surface area contributed by atoms with Crippen LogP contribution in [0.4, 0.5) is 17.3 Å². The second kappa shape index (κ2) is 8.18. The molecule has 0 atom stereocenters. The summed E-state index contributed by atoms with van der Waals surface area (Å²) in [6.45, 7) is 3.38. The summed E-state index contributed by atoms with van der Waals surface area (Å²) in [7, 11) is 3.24. The Hall–Kier alpha value is -3.26. The monoisotopic (exact) mass is 381 g/mol. The number of benzene rings is 2. The van der Waals surface area contributed by atoms with E-state index in [-0.39, 0.29) is 0 Å². The minimum Gasteiger partial charge on any atom is -0.497 e. The number of nitrogens with zero attached hydrogens (tertiary/aromatic N) is 3. The van der Waals surface area contributed by atoms with E-state index in [2.05, 4.69) is 37.5 Å². The quantitative estimate of drug-likeness (QED) is 0.679. The maximum Gasteiger partial charge on any atom is 0.246 e. The molecule has 4 rings (SSSR count). The van der Waals surface area contributed by atoms with Crippen molar-refractivity contribution in [2.75, 3.05) is 50.7 Å². The Kier molecular flexibility index (Phi) is 5.29. The molecule has 0 amide bonds. The van der Waals surface area contributed by atoms with Gasteiger partial charge in [-0.1, -0.05) is 0 Å². The summed E-state index contributed by atoms with van der Waals surface area (Å²) >= 11 is 0. The first-order chi connectivity index (χ1) is 13.7. The second-order valence-corrected chi connectivity index (χ2v) is 6.38. The summed E-state index contributed by atoms with van der Waals surface area (Å²) in [5.74, 6) is 2.51. The zero-order chi connectivity index (χ0) is 19.3. The first kappa shape index (κ1) is 18.1. The van der Waals surface area contributed by atoms with E-state index in [1.54, 1.807) is 14.2 Å². The molecule has 0 spiro atoms.